The van der Waals surface area contributed by atoms with Crippen molar-refractivity contribution in [2.45, 2.75) is 161 Å². The summed E-state index contributed by atoms with van der Waals surface area (Å²) in [7, 11) is 0. The fourth-order valence-electron chi connectivity index (χ4n) is 5.93. The molecule has 7 nitrogen and oxygen atoms in total. The van der Waals surface area contributed by atoms with Gasteiger partial charge < -0.3 is 24.6 Å². The lowest BCUT2D eigenvalue weighted by Crippen LogP contribution is -2.51. The molecule has 0 spiro atoms. The molecule has 0 bridgehead atoms. The van der Waals surface area contributed by atoms with Crippen molar-refractivity contribution < 1.29 is 34.2 Å². The normalized spacial score (nSPS) is 11.5. The minimum atomic E-state index is -1.07. The van der Waals surface area contributed by atoms with Crippen LogP contribution in [-0.2, 0) is 14.4 Å². The first-order valence-electron chi connectivity index (χ1n) is 16.9. The number of hydrogen-bond donors (Lipinski definition) is 2. The predicted molar refractivity (Wildman–Crippen MR) is 166 cm³/mol. The minimum absolute atomic E-state index is 0.0190. The van der Waals surface area contributed by atoms with Gasteiger partial charge in [-0.25, -0.2) is 0 Å². The molecule has 0 radical (unpaired) electrons. The van der Waals surface area contributed by atoms with E-state index in [0.717, 1.165) is 25.8 Å². The zero-order chi connectivity index (χ0) is 30.4. The van der Waals surface area contributed by atoms with Crippen molar-refractivity contribution in [3.05, 3.63) is 12.7 Å². The highest BCUT2D eigenvalue weighted by Gasteiger charge is 2.26. The molecular formula is C34H63NO6. The standard InChI is InChI=1S/C34H63NO6/c1-2-3-4-5-6-7-8-9-10-11-12-13-14-15-16-17-18-19-20-21-28-35(29-22-25-32(36)37,30-23-26-33(38)39)31-24-27-34(40)41/h2H,1,3-31H2,(H2-,36,37,38,39,40,41). The Morgan fingerprint density at radius 3 is 1.10 bits per heavy atom. The number of quaternary nitrogens is 1. The minimum Gasteiger partial charge on any atom is -0.550 e. The highest BCUT2D eigenvalue weighted by molar-refractivity contribution is 5.66. The highest BCUT2D eigenvalue weighted by Crippen LogP contribution is 2.19. The van der Waals surface area contributed by atoms with Crippen LogP contribution in [-0.4, -0.2) is 58.8 Å². The molecule has 0 saturated carbocycles. The summed E-state index contributed by atoms with van der Waals surface area (Å²) in [5.74, 6) is -2.74. The maximum atomic E-state index is 11.1. The zero-order valence-electron chi connectivity index (χ0n) is 26.3. The Labute approximate surface area is 251 Å². The van der Waals surface area contributed by atoms with Gasteiger partial charge in [-0.2, -0.15) is 0 Å². The summed E-state index contributed by atoms with van der Waals surface area (Å²) in [6.45, 7) is 6.55. The first-order chi connectivity index (χ1) is 19.8. The van der Waals surface area contributed by atoms with E-state index in [-0.39, 0.29) is 19.3 Å². The number of allylic oxidation sites excluding steroid dienone is 1. The van der Waals surface area contributed by atoms with E-state index in [1.54, 1.807) is 0 Å². The van der Waals surface area contributed by atoms with Gasteiger partial charge in [0.2, 0.25) is 0 Å². The van der Waals surface area contributed by atoms with Gasteiger partial charge in [0, 0.05) is 25.2 Å². The van der Waals surface area contributed by atoms with E-state index in [9.17, 15) is 19.5 Å². The maximum Gasteiger partial charge on any atom is 0.303 e. The Morgan fingerprint density at radius 1 is 0.488 bits per heavy atom. The first kappa shape index (κ1) is 39.1. The number of carboxylic acids is 3. The Hall–Kier alpha value is -1.89. The van der Waals surface area contributed by atoms with E-state index in [4.69, 9.17) is 10.2 Å². The fourth-order valence-corrected chi connectivity index (χ4v) is 5.93. The number of unbranched alkanes of at least 4 members (excludes halogenated alkanes) is 18. The van der Waals surface area contributed by atoms with Gasteiger partial charge >= 0.3 is 11.9 Å². The van der Waals surface area contributed by atoms with Crippen LogP contribution in [0, 0.1) is 0 Å². The third kappa shape index (κ3) is 28.0. The number of hydrogen-bond acceptors (Lipinski definition) is 4. The summed E-state index contributed by atoms with van der Waals surface area (Å²) < 4.78 is 0.615. The summed E-state index contributed by atoms with van der Waals surface area (Å²) in [6, 6.07) is 0. The molecule has 0 rings (SSSR count). The molecule has 0 unspecified atom stereocenters. The third-order valence-corrected chi connectivity index (χ3v) is 8.35. The molecule has 0 saturated heterocycles. The van der Waals surface area contributed by atoms with E-state index in [1.807, 2.05) is 6.08 Å². The monoisotopic (exact) mass is 581 g/mol. The summed E-state index contributed by atoms with van der Waals surface area (Å²) in [5, 5.41) is 29.1. The molecule has 0 aromatic carbocycles. The van der Waals surface area contributed by atoms with Crippen LogP contribution in [0.25, 0.3) is 0 Å². The summed E-state index contributed by atoms with van der Waals surface area (Å²) in [5.41, 5.74) is 0. The molecule has 0 aromatic rings. The molecule has 0 aliphatic rings. The van der Waals surface area contributed by atoms with Crippen LogP contribution in [0.4, 0.5) is 0 Å². The van der Waals surface area contributed by atoms with Gasteiger partial charge in [0.1, 0.15) is 0 Å². The predicted octanol–water partition coefficient (Wildman–Crippen LogP) is 7.66. The summed E-state index contributed by atoms with van der Waals surface area (Å²) >= 11 is 0. The van der Waals surface area contributed by atoms with Gasteiger partial charge in [0.05, 0.1) is 39.0 Å². The van der Waals surface area contributed by atoms with Crippen LogP contribution >= 0.6 is 0 Å². The first-order valence-corrected chi connectivity index (χ1v) is 16.9. The fraction of sp³-hybridized carbons (Fsp3) is 0.853. The molecule has 240 valence electrons. The number of carbonyl (C=O) groups is 3. The lowest BCUT2D eigenvalue weighted by molar-refractivity contribution is -0.929. The second-order valence-electron chi connectivity index (χ2n) is 12.1. The third-order valence-electron chi connectivity index (χ3n) is 8.35. The second kappa shape index (κ2) is 28.2. The van der Waals surface area contributed by atoms with Crippen LogP contribution in [0.2, 0.25) is 0 Å². The molecule has 0 heterocycles. The SMILES string of the molecule is C=CCCCCCCCCCCCCCCCCCCCC[N+](CCCC(=O)[O-])(CCCC(=O)O)CCCC(=O)O. The number of carboxylic acid groups (broad SMARTS) is 3. The smallest absolute Gasteiger partial charge is 0.303 e. The van der Waals surface area contributed by atoms with Crippen LogP contribution in [0.15, 0.2) is 12.7 Å². The molecule has 2 N–H and O–H groups in total. The lowest BCUT2D eigenvalue weighted by Gasteiger charge is -2.39. The van der Waals surface area contributed by atoms with Gasteiger partial charge in [-0.3, -0.25) is 9.59 Å². The van der Waals surface area contributed by atoms with Gasteiger partial charge in [-0.1, -0.05) is 102 Å². The van der Waals surface area contributed by atoms with E-state index < -0.39 is 17.9 Å². The van der Waals surface area contributed by atoms with Crippen molar-refractivity contribution in [2.24, 2.45) is 0 Å². The largest absolute Gasteiger partial charge is 0.550 e. The molecule has 0 aliphatic heterocycles. The van der Waals surface area contributed by atoms with Gasteiger partial charge in [-0.15, -0.1) is 6.58 Å². The molecule has 7 heteroatoms. The topological polar surface area (TPSA) is 115 Å². The van der Waals surface area contributed by atoms with Crippen LogP contribution in [0.5, 0.6) is 0 Å². The Bertz CT molecular complexity index is 615. The quantitative estimate of drug-likeness (QED) is 0.0467. The highest BCUT2D eigenvalue weighted by atomic mass is 16.4. The van der Waals surface area contributed by atoms with Crippen molar-refractivity contribution in [1.29, 1.82) is 0 Å². The van der Waals surface area contributed by atoms with Gasteiger partial charge in [-0.05, 0) is 32.1 Å². The number of nitrogens with zero attached hydrogens (tertiary/aromatic N) is 1. The summed E-state index contributed by atoms with van der Waals surface area (Å²) in [4.78, 5) is 33.1. The Balaban J connectivity index is 4.03. The van der Waals surface area contributed by atoms with Crippen LogP contribution in [0.3, 0.4) is 0 Å². The van der Waals surface area contributed by atoms with E-state index in [0.29, 0.717) is 43.4 Å². The second-order valence-corrected chi connectivity index (χ2v) is 12.1. The van der Waals surface area contributed by atoms with Crippen molar-refractivity contribution in [1.82, 2.24) is 0 Å². The Kier molecular flexibility index (Phi) is 26.9. The van der Waals surface area contributed by atoms with Crippen LogP contribution < -0.4 is 5.11 Å². The van der Waals surface area contributed by atoms with Crippen molar-refractivity contribution >= 4 is 17.9 Å². The Morgan fingerprint density at radius 2 is 0.780 bits per heavy atom. The number of carbonyl (C=O) groups excluding carboxylic acids is 1. The zero-order valence-corrected chi connectivity index (χ0v) is 26.3. The molecule has 0 atom stereocenters. The van der Waals surface area contributed by atoms with E-state index in [2.05, 4.69) is 6.58 Å². The van der Waals surface area contributed by atoms with Gasteiger partial charge in [0.25, 0.3) is 0 Å². The number of aliphatic carboxylic acids is 3. The molecule has 0 aliphatic carbocycles. The number of rotatable bonds is 33. The van der Waals surface area contributed by atoms with Gasteiger partial charge in [0.15, 0.2) is 0 Å². The molecular weight excluding hydrogens is 518 g/mol. The molecule has 41 heavy (non-hydrogen) atoms. The average molecular weight is 582 g/mol. The summed E-state index contributed by atoms with van der Waals surface area (Å²) in [6.07, 6.45) is 28.3. The average Bonchev–Trinajstić information content (AvgIpc) is 2.91. The van der Waals surface area contributed by atoms with Crippen LogP contribution in [0.1, 0.15) is 161 Å². The van der Waals surface area contributed by atoms with E-state index in [1.165, 1.54) is 103 Å². The van der Waals surface area contributed by atoms with E-state index >= 15 is 0 Å². The van der Waals surface area contributed by atoms with Crippen molar-refractivity contribution in [3.8, 4) is 0 Å². The molecule has 0 aromatic heterocycles. The van der Waals surface area contributed by atoms with Crippen molar-refractivity contribution in [3.63, 3.8) is 0 Å². The lowest BCUT2D eigenvalue weighted by atomic mass is 10.0. The molecule has 0 fully saturated rings. The van der Waals surface area contributed by atoms with Crippen molar-refractivity contribution in [2.75, 3.05) is 26.2 Å². The maximum absolute atomic E-state index is 11.1. The molecule has 0 amide bonds.